The van der Waals surface area contributed by atoms with Gasteiger partial charge in [0.1, 0.15) is 5.82 Å². The van der Waals surface area contributed by atoms with Crippen molar-refractivity contribution in [1.29, 1.82) is 0 Å². The Morgan fingerprint density at radius 2 is 2.20 bits per heavy atom. The van der Waals surface area contributed by atoms with E-state index in [1.54, 1.807) is 0 Å². The summed E-state index contributed by atoms with van der Waals surface area (Å²) in [5.74, 6) is 0.304. The van der Waals surface area contributed by atoms with Gasteiger partial charge in [0.2, 0.25) is 0 Å². The highest BCUT2D eigenvalue weighted by Crippen LogP contribution is 2.32. The fourth-order valence-electron chi connectivity index (χ4n) is 2.34. The number of nitrogens with zero attached hydrogens (tertiary/aromatic N) is 2. The van der Waals surface area contributed by atoms with Crippen LogP contribution in [0.2, 0.25) is 5.02 Å². The topological polar surface area (TPSA) is 28.2 Å². The smallest absolute Gasteiger partial charge is 0.367 e. The molecule has 1 aliphatic rings. The molecule has 2 rings (SSSR count). The van der Waals surface area contributed by atoms with Crippen LogP contribution < -0.4 is 5.32 Å². The van der Waals surface area contributed by atoms with Crippen molar-refractivity contribution in [1.82, 2.24) is 9.88 Å². The maximum absolute atomic E-state index is 12.5. The normalized spacial score (nSPS) is 20.9. The lowest BCUT2D eigenvalue weighted by Crippen LogP contribution is -2.40. The molecule has 112 valence electrons. The molecule has 1 atom stereocenters. The number of halogens is 4. The summed E-state index contributed by atoms with van der Waals surface area (Å²) in [6.07, 6.45) is -0.184. The van der Waals surface area contributed by atoms with E-state index in [2.05, 4.69) is 15.2 Å². The Bertz CT molecular complexity index is 465. The molecule has 2 heterocycles. The molecular weight excluding hydrogens is 291 g/mol. The van der Waals surface area contributed by atoms with E-state index in [1.165, 1.54) is 12.8 Å². The third-order valence-electron chi connectivity index (χ3n) is 3.60. The Morgan fingerprint density at radius 1 is 1.45 bits per heavy atom. The Labute approximate surface area is 121 Å². The second-order valence-corrected chi connectivity index (χ2v) is 5.47. The van der Waals surface area contributed by atoms with Gasteiger partial charge in [-0.2, -0.15) is 13.2 Å². The first-order valence-corrected chi connectivity index (χ1v) is 6.92. The predicted molar refractivity (Wildman–Crippen MR) is 73.0 cm³/mol. The van der Waals surface area contributed by atoms with Crippen molar-refractivity contribution in [3.05, 3.63) is 22.8 Å². The van der Waals surface area contributed by atoms with Crippen molar-refractivity contribution in [2.45, 2.75) is 31.5 Å². The average Bonchev–Trinajstić information content (AvgIpc) is 2.38. The summed E-state index contributed by atoms with van der Waals surface area (Å²) in [4.78, 5) is 6.02. The number of pyridine rings is 1. The first-order chi connectivity index (χ1) is 9.38. The van der Waals surface area contributed by atoms with Gasteiger partial charge in [-0.3, -0.25) is 0 Å². The van der Waals surface area contributed by atoms with Crippen LogP contribution in [-0.2, 0) is 6.18 Å². The van der Waals surface area contributed by atoms with Gasteiger partial charge in [-0.1, -0.05) is 18.0 Å². The predicted octanol–water partition coefficient (Wildman–Crippen LogP) is 3.65. The van der Waals surface area contributed by atoms with Crippen LogP contribution in [0, 0.1) is 0 Å². The van der Waals surface area contributed by atoms with E-state index in [4.69, 9.17) is 11.6 Å². The molecule has 1 saturated heterocycles. The van der Waals surface area contributed by atoms with Gasteiger partial charge in [-0.25, -0.2) is 4.98 Å². The summed E-state index contributed by atoms with van der Waals surface area (Å²) in [6, 6.07) is 1.27. The van der Waals surface area contributed by atoms with Gasteiger partial charge in [-0.05, 0) is 32.5 Å². The molecule has 0 spiro atoms. The molecule has 0 saturated carbocycles. The fourth-order valence-corrected chi connectivity index (χ4v) is 2.57. The van der Waals surface area contributed by atoms with E-state index in [9.17, 15) is 13.2 Å². The summed E-state index contributed by atoms with van der Waals surface area (Å²) in [5.41, 5.74) is -0.831. The molecular formula is C13H17ClF3N3. The molecule has 7 heteroatoms. The summed E-state index contributed by atoms with van der Waals surface area (Å²) >= 11 is 5.85. The minimum absolute atomic E-state index is 0.00159. The third kappa shape index (κ3) is 3.76. The third-order valence-corrected chi connectivity index (χ3v) is 3.88. The molecule has 0 aromatic carbocycles. The highest BCUT2D eigenvalue weighted by Gasteiger charge is 2.31. The zero-order valence-corrected chi connectivity index (χ0v) is 11.9. The average molecular weight is 308 g/mol. The number of rotatable bonds is 3. The van der Waals surface area contributed by atoms with Crippen molar-refractivity contribution in [2.24, 2.45) is 0 Å². The van der Waals surface area contributed by atoms with E-state index in [-0.39, 0.29) is 5.02 Å². The molecule has 1 fully saturated rings. The molecule has 0 aliphatic carbocycles. The summed E-state index contributed by atoms with van der Waals surface area (Å²) in [7, 11) is 2.05. The van der Waals surface area contributed by atoms with Crippen LogP contribution in [0.25, 0.3) is 0 Å². The molecule has 0 amide bonds. The van der Waals surface area contributed by atoms with Crippen molar-refractivity contribution >= 4 is 17.4 Å². The zero-order valence-electron chi connectivity index (χ0n) is 11.2. The summed E-state index contributed by atoms with van der Waals surface area (Å²) < 4.78 is 37.5. The van der Waals surface area contributed by atoms with Gasteiger partial charge in [0, 0.05) is 18.8 Å². The second-order valence-electron chi connectivity index (χ2n) is 5.06. The minimum Gasteiger partial charge on any atom is -0.367 e. The van der Waals surface area contributed by atoms with Gasteiger partial charge >= 0.3 is 6.18 Å². The quantitative estimate of drug-likeness (QED) is 0.924. The molecule has 1 aliphatic heterocycles. The van der Waals surface area contributed by atoms with Crippen molar-refractivity contribution in [3.8, 4) is 0 Å². The van der Waals surface area contributed by atoms with Crippen LogP contribution in [0.1, 0.15) is 24.8 Å². The second kappa shape index (κ2) is 6.18. The number of aromatic nitrogens is 1. The first-order valence-electron chi connectivity index (χ1n) is 6.55. The fraction of sp³-hybridized carbons (Fsp3) is 0.615. The lowest BCUT2D eigenvalue weighted by atomic mass is 10.0. The molecule has 1 N–H and O–H groups in total. The highest BCUT2D eigenvalue weighted by molar-refractivity contribution is 6.32. The van der Waals surface area contributed by atoms with E-state index < -0.39 is 11.7 Å². The highest BCUT2D eigenvalue weighted by atomic mass is 35.5. The molecule has 0 radical (unpaired) electrons. The van der Waals surface area contributed by atoms with Gasteiger partial charge in [-0.15, -0.1) is 0 Å². The van der Waals surface area contributed by atoms with E-state index >= 15 is 0 Å². The number of likely N-dealkylation sites (N-methyl/N-ethyl adjacent to an activating group) is 1. The first kappa shape index (κ1) is 15.4. The van der Waals surface area contributed by atoms with E-state index in [1.807, 2.05) is 7.05 Å². The SMILES string of the molecule is CN1CCCCC1CNc1ncc(C(F)(F)F)cc1Cl. The summed E-state index contributed by atoms with van der Waals surface area (Å²) in [6.45, 7) is 1.68. The molecule has 1 unspecified atom stereocenters. The minimum atomic E-state index is -4.42. The Balaban J connectivity index is 1.99. The number of anilines is 1. The lowest BCUT2D eigenvalue weighted by molar-refractivity contribution is -0.137. The van der Waals surface area contributed by atoms with Gasteiger partial charge in [0.05, 0.1) is 10.6 Å². The number of hydrogen-bond donors (Lipinski definition) is 1. The monoisotopic (exact) mass is 307 g/mol. The number of hydrogen-bond acceptors (Lipinski definition) is 3. The lowest BCUT2D eigenvalue weighted by Gasteiger charge is -2.32. The van der Waals surface area contributed by atoms with Crippen LogP contribution in [0.5, 0.6) is 0 Å². The maximum Gasteiger partial charge on any atom is 0.417 e. The van der Waals surface area contributed by atoms with Crippen molar-refractivity contribution in [3.63, 3.8) is 0 Å². The Hall–Kier alpha value is -1.01. The molecule has 20 heavy (non-hydrogen) atoms. The standard InChI is InChI=1S/C13H17ClF3N3/c1-20-5-3-2-4-10(20)8-19-12-11(14)6-9(7-18-12)13(15,16)17/h6-7,10H,2-5,8H2,1H3,(H,18,19). The largest absolute Gasteiger partial charge is 0.417 e. The summed E-state index contributed by atoms with van der Waals surface area (Å²) in [5, 5.41) is 3.04. The van der Waals surface area contributed by atoms with Crippen LogP contribution in [0.3, 0.4) is 0 Å². The number of piperidine rings is 1. The van der Waals surface area contributed by atoms with Gasteiger partial charge in [0.15, 0.2) is 0 Å². The number of alkyl halides is 3. The van der Waals surface area contributed by atoms with Crippen LogP contribution in [0.4, 0.5) is 19.0 Å². The van der Waals surface area contributed by atoms with Crippen LogP contribution in [-0.4, -0.2) is 36.1 Å². The molecule has 3 nitrogen and oxygen atoms in total. The maximum atomic E-state index is 12.5. The van der Waals surface area contributed by atoms with Crippen molar-refractivity contribution < 1.29 is 13.2 Å². The molecule has 0 bridgehead atoms. The Morgan fingerprint density at radius 3 is 2.80 bits per heavy atom. The van der Waals surface area contributed by atoms with Crippen LogP contribution >= 0.6 is 11.6 Å². The van der Waals surface area contributed by atoms with Gasteiger partial charge < -0.3 is 10.2 Å². The number of likely N-dealkylation sites (tertiary alicyclic amines) is 1. The van der Waals surface area contributed by atoms with Crippen LogP contribution in [0.15, 0.2) is 12.3 Å². The van der Waals surface area contributed by atoms with Crippen molar-refractivity contribution in [2.75, 3.05) is 25.5 Å². The number of nitrogens with one attached hydrogen (secondary N) is 1. The van der Waals surface area contributed by atoms with E-state index in [0.717, 1.165) is 25.2 Å². The van der Waals surface area contributed by atoms with Gasteiger partial charge in [0.25, 0.3) is 0 Å². The zero-order chi connectivity index (χ0) is 14.8. The Kier molecular flexibility index (Phi) is 4.75. The molecule has 1 aromatic heterocycles. The van der Waals surface area contributed by atoms with E-state index in [0.29, 0.717) is 18.4 Å². The molecule has 1 aromatic rings.